The van der Waals surface area contributed by atoms with Gasteiger partial charge in [0.05, 0.1) is 26.9 Å². The highest BCUT2D eigenvalue weighted by atomic mass is 16.5. The topological polar surface area (TPSA) is 95.7 Å². The second-order valence-corrected chi connectivity index (χ2v) is 5.83. The lowest BCUT2D eigenvalue weighted by atomic mass is 10.2. The van der Waals surface area contributed by atoms with Crippen molar-refractivity contribution < 1.29 is 23.5 Å². The largest absolute Gasteiger partial charge is 0.496 e. The highest BCUT2D eigenvalue weighted by molar-refractivity contribution is 5.91. The smallest absolute Gasteiger partial charge is 0.227 e. The van der Waals surface area contributed by atoms with Crippen molar-refractivity contribution in [3.63, 3.8) is 0 Å². The third-order valence-electron chi connectivity index (χ3n) is 4.05. The van der Waals surface area contributed by atoms with Crippen molar-refractivity contribution in [2.45, 2.75) is 12.8 Å². The highest BCUT2D eigenvalue weighted by Crippen LogP contribution is 2.30. The summed E-state index contributed by atoms with van der Waals surface area (Å²) >= 11 is 0. The molecule has 0 bridgehead atoms. The van der Waals surface area contributed by atoms with Gasteiger partial charge in [0, 0.05) is 24.6 Å². The van der Waals surface area contributed by atoms with Crippen LogP contribution in [0.25, 0.3) is 11.4 Å². The van der Waals surface area contributed by atoms with Gasteiger partial charge in [-0.25, -0.2) is 0 Å². The Bertz CT molecular complexity index is 955. The molecule has 8 heteroatoms. The van der Waals surface area contributed by atoms with Crippen molar-refractivity contribution in [3.05, 3.63) is 48.4 Å². The molecule has 1 amide bonds. The van der Waals surface area contributed by atoms with Crippen LogP contribution in [0.15, 0.2) is 47.0 Å². The third kappa shape index (κ3) is 4.40. The first kappa shape index (κ1) is 19.2. The van der Waals surface area contributed by atoms with Gasteiger partial charge < -0.3 is 24.1 Å². The summed E-state index contributed by atoms with van der Waals surface area (Å²) in [7, 11) is 4.68. The molecule has 146 valence electrons. The van der Waals surface area contributed by atoms with E-state index in [9.17, 15) is 4.79 Å². The molecule has 1 heterocycles. The Balaban J connectivity index is 1.60. The van der Waals surface area contributed by atoms with Gasteiger partial charge in [-0.2, -0.15) is 4.98 Å². The van der Waals surface area contributed by atoms with Crippen LogP contribution in [0.1, 0.15) is 12.3 Å². The van der Waals surface area contributed by atoms with E-state index in [-0.39, 0.29) is 12.3 Å². The second kappa shape index (κ2) is 8.90. The number of anilines is 1. The monoisotopic (exact) mass is 383 g/mol. The average molecular weight is 383 g/mol. The fourth-order valence-corrected chi connectivity index (χ4v) is 2.65. The molecule has 2 aromatic carbocycles. The Kier molecular flexibility index (Phi) is 6.11. The summed E-state index contributed by atoms with van der Waals surface area (Å²) < 4.78 is 21.0. The fraction of sp³-hybridized carbons (Fsp3) is 0.250. The van der Waals surface area contributed by atoms with Crippen molar-refractivity contribution in [1.29, 1.82) is 0 Å². The molecule has 3 rings (SSSR count). The zero-order valence-corrected chi connectivity index (χ0v) is 15.9. The molecule has 0 saturated heterocycles. The van der Waals surface area contributed by atoms with Gasteiger partial charge in [-0.3, -0.25) is 4.79 Å². The van der Waals surface area contributed by atoms with Crippen LogP contribution < -0.4 is 19.5 Å². The van der Waals surface area contributed by atoms with Gasteiger partial charge in [0.25, 0.3) is 0 Å². The molecule has 0 radical (unpaired) electrons. The minimum Gasteiger partial charge on any atom is -0.496 e. The van der Waals surface area contributed by atoms with Crippen molar-refractivity contribution in [3.8, 4) is 28.6 Å². The number of carbonyl (C=O) groups excluding carboxylic acids is 1. The van der Waals surface area contributed by atoms with E-state index in [1.807, 2.05) is 24.3 Å². The number of hydrogen-bond donors (Lipinski definition) is 1. The molecule has 0 unspecified atom stereocenters. The molecular formula is C20H21N3O5. The summed E-state index contributed by atoms with van der Waals surface area (Å²) in [6.45, 7) is 0. The Labute approximate surface area is 162 Å². The Morgan fingerprint density at radius 1 is 1.00 bits per heavy atom. The van der Waals surface area contributed by atoms with E-state index in [0.29, 0.717) is 41.1 Å². The van der Waals surface area contributed by atoms with Crippen LogP contribution in [-0.4, -0.2) is 37.4 Å². The Morgan fingerprint density at radius 2 is 1.75 bits per heavy atom. The van der Waals surface area contributed by atoms with Crippen LogP contribution in [0.5, 0.6) is 17.2 Å². The SMILES string of the molecule is COc1ccc(NC(=O)CCc2nc(-c3ccccc3OC)no2)cc1OC. The van der Waals surface area contributed by atoms with Gasteiger partial charge >= 0.3 is 0 Å². The first-order chi connectivity index (χ1) is 13.6. The molecule has 8 nitrogen and oxygen atoms in total. The van der Waals surface area contributed by atoms with E-state index in [4.69, 9.17) is 18.7 Å². The zero-order valence-electron chi connectivity index (χ0n) is 15.9. The van der Waals surface area contributed by atoms with Crippen molar-refractivity contribution >= 4 is 11.6 Å². The van der Waals surface area contributed by atoms with Crippen molar-refractivity contribution in [1.82, 2.24) is 10.1 Å². The van der Waals surface area contributed by atoms with E-state index in [2.05, 4.69) is 15.5 Å². The van der Waals surface area contributed by atoms with E-state index >= 15 is 0 Å². The van der Waals surface area contributed by atoms with Crippen molar-refractivity contribution in [2.75, 3.05) is 26.6 Å². The first-order valence-electron chi connectivity index (χ1n) is 8.62. The predicted octanol–water partition coefficient (Wildman–Crippen LogP) is 3.33. The van der Waals surface area contributed by atoms with Crippen LogP contribution in [0.3, 0.4) is 0 Å². The number of hydrogen-bond acceptors (Lipinski definition) is 7. The summed E-state index contributed by atoms with van der Waals surface area (Å²) in [5, 5.41) is 6.78. The maximum absolute atomic E-state index is 12.2. The average Bonchev–Trinajstić information content (AvgIpc) is 3.21. The summed E-state index contributed by atoms with van der Waals surface area (Å²) in [4.78, 5) is 16.6. The number of benzene rings is 2. The van der Waals surface area contributed by atoms with Gasteiger partial charge in [0.1, 0.15) is 5.75 Å². The summed E-state index contributed by atoms with van der Waals surface area (Å²) in [5.74, 6) is 2.41. The molecule has 0 aliphatic heterocycles. The van der Waals surface area contributed by atoms with Crippen LogP contribution in [0.4, 0.5) is 5.69 Å². The number of para-hydroxylation sites is 1. The molecule has 0 aliphatic carbocycles. The number of amides is 1. The number of nitrogens with one attached hydrogen (secondary N) is 1. The molecule has 1 N–H and O–H groups in total. The first-order valence-corrected chi connectivity index (χ1v) is 8.62. The number of carbonyl (C=O) groups is 1. The van der Waals surface area contributed by atoms with Gasteiger partial charge in [-0.1, -0.05) is 17.3 Å². The minimum atomic E-state index is -0.177. The molecule has 1 aromatic heterocycles. The number of nitrogens with zero attached hydrogens (tertiary/aromatic N) is 2. The lowest BCUT2D eigenvalue weighted by Gasteiger charge is -2.10. The van der Waals surface area contributed by atoms with Gasteiger partial charge in [0.2, 0.25) is 17.6 Å². The summed E-state index contributed by atoms with van der Waals surface area (Å²) in [6.07, 6.45) is 0.517. The highest BCUT2D eigenvalue weighted by Gasteiger charge is 2.14. The fourth-order valence-electron chi connectivity index (χ4n) is 2.65. The van der Waals surface area contributed by atoms with Gasteiger partial charge in [-0.15, -0.1) is 0 Å². The molecule has 28 heavy (non-hydrogen) atoms. The molecule has 3 aromatic rings. The molecule has 0 saturated carbocycles. The summed E-state index contributed by atoms with van der Waals surface area (Å²) in [6, 6.07) is 12.6. The van der Waals surface area contributed by atoms with E-state index in [1.165, 1.54) is 0 Å². The Morgan fingerprint density at radius 3 is 2.50 bits per heavy atom. The van der Waals surface area contributed by atoms with Gasteiger partial charge in [-0.05, 0) is 24.3 Å². The lowest BCUT2D eigenvalue weighted by molar-refractivity contribution is -0.116. The number of methoxy groups -OCH3 is 3. The minimum absolute atomic E-state index is 0.177. The number of ether oxygens (including phenoxy) is 3. The molecule has 0 aliphatic rings. The number of aryl methyl sites for hydroxylation is 1. The normalized spacial score (nSPS) is 10.4. The van der Waals surface area contributed by atoms with E-state index in [1.54, 1.807) is 39.5 Å². The predicted molar refractivity (Wildman–Crippen MR) is 103 cm³/mol. The quantitative estimate of drug-likeness (QED) is 0.637. The molecular weight excluding hydrogens is 362 g/mol. The van der Waals surface area contributed by atoms with Crippen LogP contribution in [0.2, 0.25) is 0 Å². The van der Waals surface area contributed by atoms with Crippen molar-refractivity contribution in [2.24, 2.45) is 0 Å². The third-order valence-corrected chi connectivity index (χ3v) is 4.05. The lowest BCUT2D eigenvalue weighted by Crippen LogP contribution is -2.12. The number of rotatable bonds is 8. The van der Waals surface area contributed by atoms with E-state index in [0.717, 1.165) is 5.56 Å². The van der Waals surface area contributed by atoms with Gasteiger partial charge in [0.15, 0.2) is 11.5 Å². The molecule has 0 spiro atoms. The Hall–Kier alpha value is -3.55. The van der Waals surface area contributed by atoms with E-state index < -0.39 is 0 Å². The van der Waals surface area contributed by atoms with Crippen LogP contribution in [0, 0.1) is 0 Å². The zero-order chi connectivity index (χ0) is 19.9. The standard InChI is InChI=1S/C20H21N3O5/c1-25-15-7-5-4-6-14(15)20-22-19(28-23-20)11-10-18(24)21-13-8-9-16(26-2)17(12-13)27-3/h4-9,12H,10-11H2,1-3H3,(H,21,24). The second-order valence-electron chi connectivity index (χ2n) is 5.83. The van der Waals surface area contributed by atoms with Crippen LogP contribution >= 0.6 is 0 Å². The number of aromatic nitrogens is 2. The molecule has 0 fully saturated rings. The molecule has 0 atom stereocenters. The van der Waals surface area contributed by atoms with Crippen LogP contribution in [-0.2, 0) is 11.2 Å². The maximum Gasteiger partial charge on any atom is 0.227 e. The summed E-state index contributed by atoms with van der Waals surface area (Å²) in [5.41, 5.74) is 1.35. The maximum atomic E-state index is 12.2.